The van der Waals surface area contributed by atoms with Crippen LogP contribution in [0.5, 0.6) is 5.75 Å². The highest BCUT2D eigenvalue weighted by molar-refractivity contribution is 5.88. The van der Waals surface area contributed by atoms with Gasteiger partial charge in [-0.1, -0.05) is 131 Å². The van der Waals surface area contributed by atoms with Gasteiger partial charge in [-0.05, 0) is 51.8 Å². The molecule has 1 aromatic heterocycles. The molecule has 0 radical (unpaired) electrons. The van der Waals surface area contributed by atoms with Crippen LogP contribution in [0.1, 0.15) is 68.7 Å². The van der Waals surface area contributed by atoms with Crippen molar-refractivity contribution >= 4 is 11.8 Å². The molecule has 0 saturated carbocycles. The molecule has 5 aromatic rings. The Bertz CT molecular complexity index is 1560. The van der Waals surface area contributed by atoms with Crippen molar-refractivity contribution in [3.63, 3.8) is 0 Å². The highest BCUT2D eigenvalue weighted by atomic mass is 16.5. The molecule has 4 heteroatoms. The summed E-state index contributed by atoms with van der Waals surface area (Å²) >= 11 is 0. The molecule has 4 aromatic carbocycles. The molecule has 0 fully saturated rings. The average molecular weight is 555 g/mol. The van der Waals surface area contributed by atoms with E-state index in [4.69, 9.17) is 4.74 Å². The predicted molar refractivity (Wildman–Crippen MR) is 173 cm³/mol. The second-order valence-corrected chi connectivity index (χ2v) is 11.2. The Labute approximate surface area is 249 Å². The van der Waals surface area contributed by atoms with Gasteiger partial charge in [-0.15, -0.1) is 0 Å². The van der Waals surface area contributed by atoms with E-state index in [0.717, 1.165) is 27.8 Å². The summed E-state index contributed by atoms with van der Waals surface area (Å²) in [4.78, 5) is 18.3. The molecule has 0 spiro atoms. The number of aromatic nitrogens is 1. The Morgan fingerprint density at radius 1 is 0.643 bits per heavy atom. The molecule has 212 valence electrons. The first-order valence-corrected chi connectivity index (χ1v) is 14.7. The molecule has 0 bridgehead atoms. The molecule has 1 unspecified atom stereocenters. The van der Waals surface area contributed by atoms with E-state index in [1.165, 1.54) is 11.1 Å². The number of rotatable bonds is 10. The number of nitrogens with zero attached hydrogens (tertiary/aromatic N) is 1. The summed E-state index contributed by atoms with van der Waals surface area (Å²) in [6, 6.07) is 38.3. The summed E-state index contributed by atoms with van der Waals surface area (Å²) in [6.07, 6.45) is 1.87. The van der Waals surface area contributed by atoms with Crippen LogP contribution < -0.4 is 10.1 Å². The molecule has 42 heavy (non-hydrogen) atoms. The normalized spacial score (nSPS) is 11.9. The van der Waals surface area contributed by atoms with E-state index in [1.54, 1.807) is 6.20 Å². The number of nitrogens with one attached hydrogen (secondary N) is 1. The third-order valence-electron chi connectivity index (χ3n) is 7.54. The first-order valence-electron chi connectivity index (χ1n) is 14.7. The van der Waals surface area contributed by atoms with Crippen LogP contribution in [0.2, 0.25) is 0 Å². The highest BCUT2D eigenvalue weighted by Crippen LogP contribution is 2.44. The monoisotopic (exact) mass is 554 g/mol. The third-order valence-corrected chi connectivity index (χ3v) is 7.54. The minimum absolute atomic E-state index is 0.131. The van der Waals surface area contributed by atoms with Gasteiger partial charge in [-0.25, -0.2) is 4.98 Å². The number of anilines is 1. The lowest BCUT2D eigenvalue weighted by Gasteiger charge is -2.22. The minimum atomic E-state index is -0.315. The molecule has 4 nitrogen and oxygen atoms in total. The second-order valence-electron chi connectivity index (χ2n) is 11.2. The minimum Gasteiger partial charge on any atom is -0.425 e. The topological polar surface area (TPSA) is 51.2 Å². The summed E-state index contributed by atoms with van der Waals surface area (Å²) in [5, 5.41) is 3.44. The lowest BCUT2D eigenvalue weighted by atomic mass is 9.87. The van der Waals surface area contributed by atoms with Crippen molar-refractivity contribution in [2.75, 3.05) is 5.32 Å². The standard InChI is InChI=1S/C38H38N2O2/c1-26(2)29-17-8-10-19-31(29)33-21-14-22-34(32-20-11-9-18-30(32)27(3)4)38(33)42-37(41)25-35(28-15-6-5-7-16-28)40-36-23-12-13-24-39-36/h5-24,26-27,35H,25H2,1-4H3,(H,39,40). The molecule has 0 aliphatic heterocycles. The van der Waals surface area contributed by atoms with Crippen LogP contribution in [0.4, 0.5) is 5.82 Å². The van der Waals surface area contributed by atoms with E-state index in [1.807, 2.05) is 60.7 Å². The van der Waals surface area contributed by atoms with Gasteiger partial charge in [-0.2, -0.15) is 0 Å². The molecule has 0 aliphatic rings. The molecular formula is C38H38N2O2. The van der Waals surface area contributed by atoms with Gasteiger partial charge in [0.25, 0.3) is 0 Å². The number of benzene rings is 4. The van der Waals surface area contributed by atoms with Gasteiger partial charge in [0.2, 0.25) is 0 Å². The van der Waals surface area contributed by atoms with Crippen LogP contribution in [-0.4, -0.2) is 11.0 Å². The number of para-hydroxylation sites is 1. The third kappa shape index (κ3) is 6.60. The molecule has 1 N–H and O–H groups in total. The molecule has 0 amide bonds. The highest BCUT2D eigenvalue weighted by Gasteiger charge is 2.24. The first-order chi connectivity index (χ1) is 20.4. The number of carbonyl (C=O) groups excluding carboxylic acids is 1. The fraction of sp³-hybridized carbons (Fsp3) is 0.211. The summed E-state index contributed by atoms with van der Waals surface area (Å²) in [5.74, 6) is 1.60. The zero-order valence-electron chi connectivity index (χ0n) is 24.7. The number of carbonyl (C=O) groups is 1. The fourth-order valence-corrected chi connectivity index (χ4v) is 5.45. The largest absolute Gasteiger partial charge is 0.425 e. The van der Waals surface area contributed by atoms with Crippen LogP contribution in [0.25, 0.3) is 22.3 Å². The molecule has 0 aliphatic carbocycles. The van der Waals surface area contributed by atoms with E-state index in [9.17, 15) is 4.79 Å². The number of ether oxygens (including phenoxy) is 1. The zero-order valence-corrected chi connectivity index (χ0v) is 24.7. The number of pyridine rings is 1. The van der Waals surface area contributed by atoms with E-state index in [-0.39, 0.29) is 18.4 Å². The van der Waals surface area contributed by atoms with Gasteiger partial charge in [-0.3, -0.25) is 4.79 Å². The maximum Gasteiger partial charge on any atom is 0.313 e. The van der Waals surface area contributed by atoms with Crippen molar-refractivity contribution < 1.29 is 9.53 Å². The molecular weight excluding hydrogens is 516 g/mol. The summed E-state index contributed by atoms with van der Waals surface area (Å²) in [6.45, 7) is 8.76. The molecule has 5 rings (SSSR count). The maximum absolute atomic E-state index is 13.9. The lowest BCUT2D eigenvalue weighted by molar-refractivity contribution is -0.134. The van der Waals surface area contributed by atoms with Gasteiger partial charge in [0.15, 0.2) is 0 Å². The maximum atomic E-state index is 13.9. The van der Waals surface area contributed by atoms with Crippen LogP contribution >= 0.6 is 0 Å². The number of hydrogen-bond donors (Lipinski definition) is 1. The van der Waals surface area contributed by atoms with Gasteiger partial charge < -0.3 is 10.1 Å². The average Bonchev–Trinajstić information content (AvgIpc) is 3.01. The van der Waals surface area contributed by atoms with Crippen molar-refractivity contribution in [1.82, 2.24) is 4.98 Å². The van der Waals surface area contributed by atoms with E-state index in [0.29, 0.717) is 23.4 Å². The van der Waals surface area contributed by atoms with Crippen molar-refractivity contribution in [3.05, 3.63) is 138 Å². The SMILES string of the molecule is CC(C)c1ccccc1-c1cccc(-c2ccccc2C(C)C)c1OC(=O)CC(Nc1ccccn1)c1ccccc1. The molecule has 0 saturated heterocycles. The van der Waals surface area contributed by atoms with Crippen molar-refractivity contribution in [2.24, 2.45) is 0 Å². The Morgan fingerprint density at radius 3 is 1.71 bits per heavy atom. The first kappa shape index (κ1) is 28.8. The summed E-state index contributed by atoms with van der Waals surface area (Å²) in [7, 11) is 0. The second kappa shape index (κ2) is 13.3. The van der Waals surface area contributed by atoms with E-state index >= 15 is 0 Å². The Hall–Kier alpha value is -4.70. The summed E-state index contributed by atoms with van der Waals surface area (Å²) < 4.78 is 6.45. The molecule has 1 heterocycles. The van der Waals surface area contributed by atoms with Gasteiger partial charge in [0.1, 0.15) is 11.6 Å². The number of esters is 1. The van der Waals surface area contributed by atoms with Crippen LogP contribution in [0.3, 0.4) is 0 Å². The van der Waals surface area contributed by atoms with Crippen molar-refractivity contribution in [3.8, 4) is 28.0 Å². The van der Waals surface area contributed by atoms with Gasteiger partial charge in [0, 0.05) is 17.3 Å². The molecule has 1 atom stereocenters. The smallest absolute Gasteiger partial charge is 0.313 e. The fourth-order valence-electron chi connectivity index (χ4n) is 5.45. The summed E-state index contributed by atoms with van der Waals surface area (Å²) in [5.41, 5.74) is 7.39. The Kier molecular flexibility index (Phi) is 9.13. The van der Waals surface area contributed by atoms with E-state index < -0.39 is 0 Å². The quantitative estimate of drug-likeness (QED) is 0.138. The lowest BCUT2D eigenvalue weighted by Crippen LogP contribution is -2.20. The van der Waals surface area contributed by atoms with Crippen molar-refractivity contribution in [1.29, 1.82) is 0 Å². The Morgan fingerprint density at radius 2 is 1.17 bits per heavy atom. The number of hydrogen-bond acceptors (Lipinski definition) is 4. The van der Waals surface area contributed by atoms with E-state index in [2.05, 4.69) is 92.6 Å². The van der Waals surface area contributed by atoms with Crippen LogP contribution in [-0.2, 0) is 4.79 Å². The van der Waals surface area contributed by atoms with Crippen molar-refractivity contribution in [2.45, 2.75) is 52.0 Å². The zero-order chi connectivity index (χ0) is 29.5. The predicted octanol–water partition coefficient (Wildman–Crippen LogP) is 9.81. The van der Waals surface area contributed by atoms with Crippen LogP contribution in [0.15, 0.2) is 121 Å². The van der Waals surface area contributed by atoms with Gasteiger partial charge >= 0.3 is 5.97 Å². The van der Waals surface area contributed by atoms with Crippen LogP contribution in [0, 0.1) is 0 Å². The Balaban J connectivity index is 1.59. The van der Waals surface area contributed by atoms with Gasteiger partial charge in [0.05, 0.1) is 12.5 Å².